The normalized spacial score (nSPS) is 10.4. The SMILES string of the molecule is O=C(O)c1ccc(Nc2nc(-c3ccc(Br)cc3)cs2)cc1. The minimum absolute atomic E-state index is 0.264. The summed E-state index contributed by atoms with van der Waals surface area (Å²) in [5.74, 6) is -0.932. The number of anilines is 2. The number of nitrogens with one attached hydrogen (secondary N) is 1. The fourth-order valence-electron chi connectivity index (χ4n) is 1.90. The molecule has 2 aromatic carbocycles. The number of carboxylic acid groups (broad SMARTS) is 1. The van der Waals surface area contributed by atoms with Crippen LogP contribution in [0.3, 0.4) is 0 Å². The van der Waals surface area contributed by atoms with E-state index in [0.717, 1.165) is 26.5 Å². The van der Waals surface area contributed by atoms with Gasteiger partial charge in [-0.05, 0) is 36.4 Å². The van der Waals surface area contributed by atoms with Crippen molar-refractivity contribution in [2.45, 2.75) is 0 Å². The highest BCUT2D eigenvalue weighted by Crippen LogP contribution is 2.28. The average molecular weight is 375 g/mol. The van der Waals surface area contributed by atoms with Gasteiger partial charge in [0.05, 0.1) is 11.3 Å². The zero-order valence-electron chi connectivity index (χ0n) is 11.3. The van der Waals surface area contributed by atoms with Gasteiger partial charge in [0.15, 0.2) is 5.13 Å². The number of halogens is 1. The summed E-state index contributed by atoms with van der Waals surface area (Å²) in [6.07, 6.45) is 0. The van der Waals surface area contributed by atoms with Crippen molar-refractivity contribution in [2.75, 3.05) is 5.32 Å². The van der Waals surface area contributed by atoms with Crippen LogP contribution in [0, 0.1) is 0 Å². The second kappa shape index (κ2) is 6.29. The topological polar surface area (TPSA) is 62.2 Å². The third kappa shape index (κ3) is 3.35. The quantitative estimate of drug-likeness (QED) is 0.673. The van der Waals surface area contributed by atoms with E-state index in [1.807, 2.05) is 29.6 Å². The Morgan fingerprint density at radius 1 is 1.09 bits per heavy atom. The van der Waals surface area contributed by atoms with E-state index >= 15 is 0 Å². The van der Waals surface area contributed by atoms with Crippen LogP contribution in [0.25, 0.3) is 11.3 Å². The van der Waals surface area contributed by atoms with Crippen LogP contribution in [0.4, 0.5) is 10.8 Å². The summed E-state index contributed by atoms with van der Waals surface area (Å²) < 4.78 is 1.03. The van der Waals surface area contributed by atoms with Crippen molar-refractivity contribution in [3.8, 4) is 11.3 Å². The van der Waals surface area contributed by atoms with Crippen LogP contribution in [-0.4, -0.2) is 16.1 Å². The molecule has 6 heteroatoms. The fourth-order valence-corrected chi connectivity index (χ4v) is 2.91. The lowest BCUT2D eigenvalue weighted by Crippen LogP contribution is -1.96. The van der Waals surface area contributed by atoms with Gasteiger partial charge in [0, 0.05) is 21.1 Å². The molecule has 3 rings (SSSR count). The van der Waals surface area contributed by atoms with Gasteiger partial charge in [-0.25, -0.2) is 9.78 Å². The average Bonchev–Trinajstić information content (AvgIpc) is 2.97. The lowest BCUT2D eigenvalue weighted by atomic mass is 10.2. The predicted molar refractivity (Wildman–Crippen MR) is 91.9 cm³/mol. The van der Waals surface area contributed by atoms with Gasteiger partial charge in [-0.2, -0.15) is 0 Å². The first-order valence-corrected chi connectivity index (χ1v) is 8.11. The largest absolute Gasteiger partial charge is 0.478 e. The zero-order chi connectivity index (χ0) is 15.5. The van der Waals surface area contributed by atoms with Gasteiger partial charge in [0.1, 0.15) is 0 Å². The van der Waals surface area contributed by atoms with Crippen LogP contribution in [0.1, 0.15) is 10.4 Å². The van der Waals surface area contributed by atoms with E-state index in [9.17, 15) is 4.79 Å². The van der Waals surface area contributed by atoms with Gasteiger partial charge in [-0.3, -0.25) is 0 Å². The van der Waals surface area contributed by atoms with Crippen molar-refractivity contribution in [3.63, 3.8) is 0 Å². The van der Waals surface area contributed by atoms with E-state index in [1.54, 1.807) is 24.3 Å². The number of carboxylic acids is 1. The van der Waals surface area contributed by atoms with Crippen molar-refractivity contribution < 1.29 is 9.90 Å². The molecule has 0 radical (unpaired) electrons. The summed E-state index contributed by atoms with van der Waals surface area (Å²) in [6, 6.07) is 14.5. The van der Waals surface area contributed by atoms with Gasteiger partial charge in [-0.15, -0.1) is 11.3 Å². The lowest BCUT2D eigenvalue weighted by molar-refractivity contribution is 0.0697. The molecular formula is C16H11BrN2O2S. The molecule has 0 saturated heterocycles. The predicted octanol–water partition coefficient (Wildman–Crippen LogP) is 5.01. The highest BCUT2D eigenvalue weighted by molar-refractivity contribution is 9.10. The Labute approximate surface area is 139 Å². The highest BCUT2D eigenvalue weighted by atomic mass is 79.9. The second-order valence-corrected chi connectivity index (χ2v) is 6.33. The zero-order valence-corrected chi connectivity index (χ0v) is 13.7. The van der Waals surface area contributed by atoms with E-state index in [4.69, 9.17) is 5.11 Å². The summed E-state index contributed by atoms with van der Waals surface area (Å²) in [7, 11) is 0. The second-order valence-electron chi connectivity index (χ2n) is 4.55. The van der Waals surface area contributed by atoms with Crippen LogP contribution in [0.2, 0.25) is 0 Å². The van der Waals surface area contributed by atoms with Crippen molar-refractivity contribution in [1.29, 1.82) is 0 Å². The van der Waals surface area contributed by atoms with E-state index < -0.39 is 5.97 Å². The van der Waals surface area contributed by atoms with E-state index in [1.165, 1.54) is 11.3 Å². The van der Waals surface area contributed by atoms with Gasteiger partial charge in [0.2, 0.25) is 0 Å². The Morgan fingerprint density at radius 2 is 1.77 bits per heavy atom. The molecule has 0 aliphatic carbocycles. The Kier molecular flexibility index (Phi) is 4.22. The number of benzene rings is 2. The molecule has 22 heavy (non-hydrogen) atoms. The third-order valence-corrected chi connectivity index (χ3v) is 4.31. The first-order chi connectivity index (χ1) is 10.6. The Hall–Kier alpha value is -2.18. The first-order valence-electron chi connectivity index (χ1n) is 6.44. The number of nitrogens with zero attached hydrogens (tertiary/aromatic N) is 1. The smallest absolute Gasteiger partial charge is 0.335 e. The van der Waals surface area contributed by atoms with Crippen LogP contribution in [-0.2, 0) is 0 Å². The van der Waals surface area contributed by atoms with Crippen LogP contribution in [0.5, 0.6) is 0 Å². The summed E-state index contributed by atoms with van der Waals surface area (Å²) in [6.45, 7) is 0. The molecule has 0 unspecified atom stereocenters. The molecule has 1 heterocycles. The third-order valence-electron chi connectivity index (χ3n) is 3.03. The van der Waals surface area contributed by atoms with Crippen molar-refractivity contribution in [2.24, 2.45) is 0 Å². The maximum absolute atomic E-state index is 10.8. The number of carbonyl (C=O) groups is 1. The molecule has 1 aromatic heterocycles. The maximum atomic E-state index is 10.8. The molecule has 0 fully saturated rings. The molecule has 0 bridgehead atoms. The molecule has 2 N–H and O–H groups in total. The number of aromatic carboxylic acids is 1. The number of rotatable bonds is 4. The van der Waals surface area contributed by atoms with Crippen LogP contribution in [0.15, 0.2) is 58.4 Å². The highest BCUT2D eigenvalue weighted by Gasteiger charge is 2.06. The van der Waals surface area contributed by atoms with Crippen molar-refractivity contribution in [1.82, 2.24) is 4.98 Å². The summed E-state index contributed by atoms with van der Waals surface area (Å²) in [4.78, 5) is 15.4. The minimum Gasteiger partial charge on any atom is -0.478 e. The summed E-state index contributed by atoms with van der Waals surface area (Å²) in [5.41, 5.74) is 3.03. The van der Waals surface area contributed by atoms with Crippen LogP contribution < -0.4 is 5.32 Å². The van der Waals surface area contributed by atoms with Gasteiger partial charge in [-0.1, -0.05) is 28.1 Å². The molecule has 0 aliphatic heterocycles. The van der Waals surface area contributed by atoms with E-state index in [0.29, 0.717) is 0 Å². The maximum Gasteiger partial charge on any atom is 0.335 e. The monoisotopic (exact) mass is 374 g/mol. The number of thiazole rings is 1. The molecule has 4 nitrogen and oxygen atoms in total. The van der Waals surface area contributed by atoms with E-state index in [2.05, 4.69) is 26.2 Å². The molecule has 0 saturated carbocycles. The van der Waals surface area contributed by atoms with Crippen molar-refractivity contribution >= 4 is 44.1 Å². The Balaban J connectivity index is 1.76. The van der Waals surface area contributed by atoms with Gasteiger partial charge >= 0.3 is 5.97 Å². The van der Waals surface area contributed by atoms with Crippen LogP contribution >= 0.6 is 27.3 Å². The van der Waals surface area contributed by atoms with Crippen molar-refractivity contribution in [3.05, 3.63) is 63.9 Å². The summed E-state index contributed by atoms with van der Waals surface area (Å²) >= 11 is 4.92. The number of hydrogen-bond acceptors (Lipinski definition) is 4. The van der Waals surface area contributed by atoms with E-state index in [-0.39, 0.29) is 5.56 Å². The van der Waals surface area contributed by atoms with Gasteiger partial charge < -0.3 is 10.4 Å². The fraction of sp³-hybridized carbons (Fsp3) is 0. The molecular weight excluding hydrogens is 364 g/mol. The Morgan fingerprint density at radius 3 is 2.41 bits per heavy atom. The summed E-state index contributed by atoms with van der Waals surface area (Å²) in [5, 5.41) is 14.8. The minimum atomic E-state index is -0.932. The lowest BCUT2D eigenvalue weighted by Gasteiger charge is -2.02. The molecule has 110 valence electrons. The Bertz CT molecular complexity index is 798. The first kappa shape index (κ1) is 14.7. The molecule has 3 aromatic rings. The number of hydrogen-bond donors (Lipinski definition) is 2. The number of aromatic nitrogens is 1. The standard InChI is InChI=1S/C16H11BrN2O2S/c17-12-5-1-10(2-6-12)14-9-22-16(19-14)18-13-7-3-11(4-8-13)15(20)21/h1-9H,(H,18,19)(H,20,21). The van der Waals surface area contributed by atoms with Gasteiger partial charge in [0.25, 0.3) is 0 Å². The molecule has 0 spiro atoms. The molecule has 0 amide bonds. The molecule has 0 atom stereocenters. The molecule has 0 aliphatic rings.